The molecule has 1 rings (SSSR count). The molecule has 0 heterocycles. The van der Waals surface area contributed by atoms with Crippen LogP contribution in [0.5, 0.6) is 0 Å². The predicted molar refractivity (Wildman–Crippen MR) is 71.3 cm³/mol. The molecule has 80 valence electrons. The zero-order valence-corrected chi connectivity index (χ0v) is 11.1. The van der Waals surface area contributed by atoms with Crippen LogP contribution in [0.25, 0.3) is 0 Å². The third kappa shape index (κ3) is 4.11. The van der Waals surface area contributed by atoms with Crippen LogP contribution in [0.15, 0.2) is 30.3 Å². The van der Waals surface area contributed by atoms with Crippen LogP contribution in [-0.4, -0.2) is 14.0 Å². The summed E-state index contributed by atoms with van der Waals surface area (Å²) in [6.45, 7) is 4.58. The van der Waals surface area contributed by atoms with Gasteiger partial charge in [0.25, 0.3) is 0 Å². The van der Waals surface area contributed by atoms with Crippen molar-refractivity contribution in [1.82, 2.24) is 0 Å². The molecule has 15 heavy (non-hydrogen) atoms. The van der Waals surface area contributed by atoms with Gasteiger partial charge in [-0.2, -0.15) is 0 Å². The van der Waals surface area contributed by atoms with E-state index in [4.69, 9.17) is 11.6 Å². The molecular weight excluding hydrogens is 220 g/mol. The van der Waals surface area contributed by atoms with Crippen LogP contribution in [0.2, 0.25) is 13.1 Å². The second kappa shape index (κ2) is 6.00. The highest BCUT2D eigenvalue weighted by Gasteiger charge is 2.19. The SMILES string of the molecule is C[Si](C)(C#CCCCCl)c1ccccc1. The van der Waals surface area contributed by atoms with E-state index in [0.29, 0.717) is 5.88 Å². The van der Waals surface area contributed by atoms with E-state index in [1.807, 2.05) is 0 Å². The Morgan fingerprint density at radius 2 is 1.87 bits per heavy atom. The fourth-order valence-electron chi connectivity index (χ4n) is 1.37. The van der Waals surface area contributed by atoms with Gasteiger partial charge >= 0.3 is 0 Å². The summed E-state index contributed by atoms with van der Waals surface area (Å²) in [5.41, 5.74) is 3.44. The van der Waals surface area contributed by atoms with Gasteiger partial charge in [-0.05, 0) is 11.6 Å². The molecule has 0 aliphatic carbocycles. The molecule has 0 spiro atoms. The van der Waals surface area contributed by atoms with E-state index in [-0.39, 0.29) is 0 Å². The molecular formula is C13H17ClSi. The van der Waals surface area contributed by atoms with Crippen LogP contribution in [0.1, 0.15) is 12.8 Å². The first kappa shape index (κ1) is 12.4. The summed E-state index contributed by atoms with van der Waals surface area (Å²) >= 11 is 5.61. The standard InChI is InChI=1S/C13H17ClSi/c1-15(2,12-8-4-7-11-14)13-9-5-3-6-10-13/h3,5-6,9-10H,4,7,11H2,1-2H3. The number of alkyl halides is 1. The number of halogens is 1. The molecule has 2 heteroatoms. The lowest BCUT2D eigenvalue weighted by Gasteiger charge is -2.14. The Hall–Kier alpha value is -0.713. The van der Waals surface area contributed by atoms with Gasteiger partial charge in [-0.15, -0.1) is 23.1 Å². The number of hydrogen-bond acceptors (Lipinski definition) is 0. The fourth-order valence-corrected chi connectivity index (χ4v) is 3.24. The lowest BCUT2D eigenvalue weighted by molar-refractivity contribution is 0.992. The summed E-state index contributed by atoms with van der Waals surface area (Å²) in [5.74, 6) is 3.96. The third-order valence-corrected chi connectivity index (χ3v) is 5.18. The smallest absolute Gasteiger partial charge is 0.127 e. The second-order valence-corrected chi connectivity index (χ2v) is 8.54. The van der Waals surface area contributed by atoms with Gasteiger partial charge in [-0.3, -0.25) is 0 Å². The van der Waals surface area contributed by atoms with Crippen molar-refractivity contribution in [2.24, 2.45) is 0 Å². The maximum atomic E-state index is 5.61. The fraction of sp³-hybridized carbons (Fsp3) is 0.385. The first-order chi connectivity index (χ1) is 7.17. The van der Waals surface area contributed by atoms with E-state index in [0.717, 1.165) is 12.8 Å². The minimum Gasteiger partial charge on any atom is -0.127 e. The topological polar surface area (TPSA) is 0 Å². The van der Waals surface area contributed by atoms with Crippen molar-refractivity contribution in [3.8, 4) is 11.5 Å². The summed E-state index contributed by atoms with van der Waals surface area (Å²) in [6, 6.07) is 10.6. The molecule has 0 bridgehead atoms. The molecule has 1 aromatic carbocycles. The van der Waals surface area contributed by atoms with Gasteiger partial charge < -0.3 is 0 Å². The Kier molecular flexibility index (Phi) is 4.94. The van der Waals surface area contributed by atoms with E-state index in [9.17, 15) is 0 Å². The van der Waals surface area contributed by atoms with Crippen LogP contribution in [0.4, 0.5) is 0 Å². The van der Waals surface area contributed by atoms with Crippen molar-refractivity contribution in [3.63, 3.8) is 0 Å². The number of rotatable bonds is 3. The minimum atomic E-state index is -1.53. The predicted octanol–water partition coefficient (Wildman–Crippen LogP) is 3.16. The third-order valence-electron chi connectivity index (χ3n) is 2.33. The Morgan fingerprint density at radius 3 is 2.47 bits per heavy atom. The average Bonchev–Trinajstić information content (AvgIpc) is 2.26. The summed E-state index contributed by atoms with van der Waals surface area (Å²) in [6.07, 6.45) is 1.92. The van der Waals surface area contributed by atoms with Crippen molar-refractivity contribution >= 4 is 24.9 Å². The first-order valence-electron chi connectivity index (χ1n) is 5.28. The van der Waals surface area contributed by atoms with Crippen molar-refractivity contribution in [2.45, 2.75) is 25.9 Å². The average molecular weight is 237 g/mol. The molecule has 0 unspecified atom stereocenters. The van der Waals surface area contributed by atoms with E-state index < -0.39 is 8.07 Å². The largest absolute Gasteiger partial charge is 0.162 e. The summed E-state index contributed by atoms with van der Waals surface area (Å²) < 4.78 is 0. The molecule has 0 fully saturated rings. The number of unbranched alkanes of at least 4 members (excludes halogenated alkanes) is 1. The van der Waals surface area contributed by atoms with E-state index in [2.05, 4.69) is 54.9 Å². The molecule has 0 amide bonds. The minimum absolute atomic E-state index is 0.710. The highest BCUT2D eigenvalue weighted by atomic mass is 35.5. The van der Waals surface area contributed by atoms with Gasteiger partial charge in [-0.1, -0.05) is 43.4 Å². The van der Waals surface area contributed by atoms with Crippen molar-refractivity contribution in [2.75, 3.05) is 5.88 Å². The van der Waals surface area contributed by atoms with Crippen molar-refractivity contribution < 1.29 is 0 Å². The van der Waals surface area contributed by atoms with Gasteiger partial charge in [-0.25, -0.2) is 0 Å². The first-order valence-corrected chi connectivity index (χ1v) is 8.82. The van der Waals surface area contributed by atoms with Gasteiger partial charge in [0.1, 0.15) is 0 Å². The zero-order valence-electron chi connectivity index (χ0n) is 9.39. The Balaban J connectivity index is 2.69. The maximum absolute atomic E-state index is 5.61. The second-order valence-electron chi connectivity index (χ2n) is 4.09. The van der Waals surface area contributed by atoms with Crippen LogP contribution in [0, 0.1) is 11.5 Å². The normalized spacial score (nSPS) is 10.6. The molecule has 0 N–H and O–H groups in total. The summed E-state index contributed by atoms with van der Waals surface area (Å²) in [5, 5.41) is 1.41. The molecule has 0 saturated carbocycles. The van der Waals surface area contributed by atoms with E-state index >= 15 is 0 Å². The summed E-state index contributed by atoms with van der Waals surface area (Å²) in [4.78, 5) is 0. The molecule has 1 aromatic rings. The number of benzene rings is 1. The van der Waals surface area contributed by atoms with E-state index in [1.54, 1.807) is 0 Å². The molecule has 0 aliphatic rings. The molecule has 0 saturated heterocycles. The van der Waals surface area contributed by atoms with E-state index in [1.165, 1.54) is 5.19 Å². The highest BCUT2D eigenvalue weighted by Crippen LogP contribution is 2.01. The molecule has 0 aromatic heterocycles. The quantitative estimate of drug-likeness (QED) is 0.327. The molecule has 0 nitrogen and oxygen atoms in total. The van der Waals surface area contributed by atoms with Gasteiger partial charge in [0, 0.05) is 12.3 Å². The number of hydrogen-bond donors (Lipinski definition) is 0. The van der Waals surface area contributed by atoms with Crippen molar-refractivity contribution in [3.05, 3.63) is 30.3 Å². The lowest BCUT2D eigenvalue weighted by atomic mass is 10.4. The van der Waals surface area contributed by atoms with Crippen LogP contribution in [0.3, 0.4) is 0 Å². The Bertz CT molecular complexity index is 346. The summed E-state index contributed by atoms with van der Waals surface area (Å²) in [7, 11) is -1.53. The van der Waals surface area contributed by atoms with Gasteiger partial charge in [0.2, 0.25) is 0 Å². The van der Waals surface area contributed by atoms with Crippen LogP contribution in [-0.2, 0) is 0 Å². The van der Waals surface area contributed by atoms with Crippen molar-refractivity contribution in [1.29, 1.82) is 0 Å². The highest BCUT2D eigenvalue weighted by molar-refractivity contribution is 6.96. The molecule has 0 atom stereocenters. The Morgan fingerprint density at radius 1 is 1.20 bits per heavy atom. The van der Waals surface area contributed by atoms with Crippen LogP contribution < -0.4 is 5.19 Å². The van der Waals surface area contributed by atoms with Gasteiger partial charge in [0.05, 0.1) is 0 Å². The Labute approximate surface area is 98.7 Å². The zero-order chi connectivity index (χ0) is 11.1. The molecule has 0 radical (unpaired) electrons. The lowest BCUT2D eigenvalue weighted by Crippen LogP contribution is -2.39. The van der Waals surface area contributed by atoms with Gasteiger partial charge in [0.15, 0.2) is 8.07 Å². The molecule has 0 aliphatic heterocycles. The maximum Gasteiger partial charge on any atom is 0.162 e. The monoisotopic (exact) mass is 236 g/mol. The van der Waals surface area contributed by atoms with Crippen LogP contribution >= 0.6 is 11.6 Å².